The summed E-state index contributed by atoms with van der Waals surface area (Å²) in [4.78, 5) is 25.3. The van der Waals surface area contributed by atoms with Gasteiger partial charge in [-0.05, 0) is 19.8 Å². The van der Waals surface area contributed by atoms with E-state index in [1.165, 1.54) is 4.90 Å². The van der Waals surface area contributed by atoms with E-state index >= 15 is 0 Å². The summed E-state index contributed by atoms with van der Waals surface area (Å²) in [6.45, 7) is 1.97. The molecular formula is C16H16N2O4. The Kier molecular flexibility index (Phi) is 3.44. The predicted octanol–water partition coefficient (Wildman–Crippen LogP) is 2.42. The molecule has 1 N–H and O–H groups in total. The average molecular weight is 300 g/mol. The topological polar surface area (TPSA) is 83.6 Å². The number of amides is 1. The molecule has 1 fully saturated rings. The van der Waals surface area contributed by atoms with E-state index in [-0.39, 0.29) is 5.76 Å². The summed E-state index contributed by atoms with van der Waals surface area (Å²) in [5.74, 6) is -1.37. The Hall–Kier alpha value is -2.63. The lowest BCUT2D eigenvalue weighted by atomic mass is 9.99. The number of carboxylic acid groups (broad SMARTS) is 1. The minimum atomic E-state index is -1.18. The van der Waals surface area contributed by atoms with Gasteiger partial charge in [0.15, 0.2) is 0 Å². The first kappa shape index (κ1) is 14.3. The molecule has 0 aliphatic carbocycles. The van der Waals surface area contributed by atoms with E-state index in [1.807, 2.05) is 30.3 Å². The maximum absolute atomic E-state index is 12.5. The number of carbonyl (C=O) groups is 2. The lowest BCUT2D eigenvalue weighted by Gasteiger charge is -2.30. The monoisotopic (exact) mass is 300 g/mol. The summed E-state index contributed by atoms with van der Waals surface area (Å²) in [5, 5.41) is 13.3. The van der Waals surface area contributed by atoms with Gasteiger partial charge in [0.25, 0.3) is 5.91 Å². The first-order valence-electron chi connectivity index (χ1n) is 7.10. The molecule has 1 saturated heterocycles. The third-order valence-electron chi connectivity index (χ3n) is 4.14. The highest BCUT2D eigenvalue weighted by atomic mass is 16.5. The fourth-order valence-electron chi connectivity index (χ4n) is 2.77. The summed E-state index contributed by atoms with van der Waals surface area (Å²) in [6.07, 6.45) is 1.10. The van der Waals surface area contributed by atoms with Crippen LogP contribution in [0.15, 0.2) is 40.9 Å². The van der Waals surface area contributed by atoms with Gasteiger partial charge in [-0.25, -0.2) is 4.79 Å². The second-order valence-electron chi connectivity index (χ2n) is 5.58. The van der Waals surface area contributed by atoms with Gasteiger partial charge in [0.2, 0.25) is 5.76 Å². The molecule has 1 aliphatic rings. The third-order valence-corrected chi connectivity index (χ3v) is 4.14. The van der Waals surface area contributed by atoms with E-state index in [4.69, 9.17) is 4.52 Å². The minimum absolute atomic E-state index is 0.0632. The Morgan fingerprint density at radius 2 is 2.05 bits per heavy atom. The number of carbonyl (C=O) groups excluding carboxylic acids is 1. The van der Waals surface area contributed by atoms with Crippen molar-refractivity contribution in [3.05, 3.63) is 42.2 Å². The van der Waals surface area contributed by atoms with E-state index in [9.17, 15) is 14.7 Å². The van der Waals surface area contributed by atoms with E-state index in [0.717, 1.165) is 5.56 Å². The summed E-state index contributed by atoms with van der Waals surface area (Å²) >= 11 is 0. The highest BCUT2D eigenvalue weighted by Gasteiger charge is 2.46. The lowest BCUT2D eigenvalue weighted by molar-refractivity contribution is -0.147. The Labute approximate surface area is 127 Å². The Morgan fingerprint density at radius 1 is 1.32 bits per heavy atom. The van der Waals surface area contributed by atoms with Crippen LogP contribution in [0.3, 0.4) is 0 Å². The maximum Gasteiger partial charge on any atom is 0.329 e. The molecule has 1 unspecified atom stereocenters. The van der Waals surface area contributed by atoms with Gasteiger partial charge in [0, 0.05) is 18.2 Å². The molecule has 6 nitrogen and oxygen atoms in total. The normalized spacial score (nSPS) is 21.0. The zero-order chi connectivity index (χ0) is 15.7. The predicted molar refractivity (Wildman–Crippen MR) is 78.3 cm³/mol. The summed E-state index contributed by atoms with van der Waals surface area (Å²) < 4.78 is 5.13. The Balaban J connectivity index is 1.88. The maximum atomic E-state index is 12.5. The number of nitrogens with zero attached hydrogens (tertiary/aromatic N) is 2. The zero-order valence-corrected chi connectivity index (χ0v) is 12.2. The molecule has 1 aliphatic heterocycles. The van der Waals surface area contributed by atoms with Crippen molar-refractivity contribution in [3.63, 3.8) is 0 Å². The standard InChI is InChI=1S/C16H16N2O4/c1-16(15(20)21)8-5-9-18(16)14(19)13-10-12(17-22-13)11-6-3-2-4-7-11/h2-4,6-7,10H,5,8-9H2,1H3,(H,20,21). The smallest absolute Gasteiger partial charge is 0.329 e. The molecule has 0 spiro atoms. The first-order valence-corrected chi connectivity index (χ1v) is 7.10. The molecule has 2 heterocycles. The average Bonchev–Trinajstić information content (AvgIpc) is 3.15. The Bertz CT molecular complexity index is 710. The van der Waals surface area contributed by atoms with Crippen LogP contribution in [0.4, 0.5) is 0 Å². The number of hydrogen-bond donors (Lipinski definition) is 1. The first-order chi connectivity index (χ1) is 10.5. The highest BCUT2D eigenvalue weighted by Crippen LogP contribution is 2.31. The molecule has 2 aromatic rings. The van der Waals surface area contributed by atoms with Gasteiger partial charge in [-0.1, -0.05) is 35.5 Å². The van der Waals surface area contributed by atoms with Crippen molar-refractivity contribution in [3.8, 4) is 11.3 Å². The SMILES string of the molecule is CC1(C(=O)O)CCCN1C(=O)c1cc(-c2ccccc2)no1. The van der Waals surface area contributed by atoms with Gasteiger partial charge >= 0.3 is 5.97 Å². The lowest BCUT2D eigenvalue weighted by Crippen LogP contribution is -2.50. The zero-order valence-electron chi connectivity index (χ0n) is 12.2. The van der Waals surface area contributed by atoms with E-state index in [1.54, 1.807) is 13.0 Å². The molecule has 3 rings (SSSR count). The summed E-state index contributed by atoms with van der Waals surface area (Å²) in [5.41, 5.74) is 0.212. The molecule has 0 bridgehead atoms. The highest BCUT2D eigenvalue weighted by molar-refractivity contribution is 5.96. The third kappa shape index (κ3) is 2.26. The summed E-state index contributed by atoms with van der Waals surface area (Å²) in [7, 11) is 0. The number of rotatable bonds is 3. The van der Waals surface area contributed by atoms with Crippen LogP contribution in [0.25, 0.3) is 11.3 Å². The molecule has 6 heteroatoms. The molecule has 22 heavy (non-hydrogen) atoms. The second-order valence-corrected chi connectivity index (χ2v) is 5.58. The summed E-state index contributed by atoms with van der Waals surface area (Å²) in [6, 6.07) is 10.9. The van der Waals surface area contributed by atoms with Crippen molar-refractivity contribution in [2.45, 2.75) is 25.3 Å². The van der Waals surface area contributed by atoms with Gasteiger partial charge in [-0.2, -0.15) is 0 Å². The van der Waals surface area contributed by atoms with Crippen molar-refractivity contribution >= 4 is 11.9 Å². The van der Waals surface area contributed by atoms with Crippen LogP contribution in [0.2, 0.25) is 0 Å². The van der Waals surface area contributed by atoms with E-state index < -0.39 is 17.4 Å². The fourth-order valence-corrected chi connectivity index (χ4v) is 2.77. The number of hydrogen-bond acceptors (Lipinski definition) is 4. The molecular weight excluding hydrogens is 284 g/mol. The van der Waals surface area contributed by atoms with Crippen LogP contribution in [0.1, 0.15) is 30.3 Å². The second kappa shape index (κ2) is 5.29. The number of carboxylic acids is 1. The molecule has 114 valence electrons. The van der Waals surface area contributed by atoms with Gasteiger partial charge < -0.3 is 14.5 Å². The molecule has 1 aromatic carbocycles. The van der Waals surface area contributed by atoms with Crippen LogP contribution in [-0.2, 0) is 4.79 Å². The van der Waals surface area contributed by atoms with Crippen LogP contribution < -0.4 is 0 Å². The van der Waals surface area contributed by atoms with Gasteiger partial charge in [0.1, 0.15) is 11.2 Å². The molecule has 0 saturated carbocycles. The molecule has 1 atom stereocenters. The number of aromatic nitrogens is 1. The van der Waals surface area contributed by atoms with Crippen molar-refractivity contribution in [1.29, 1.82) is 0 Å². The van der Waals surface area contributed by atoms with Crippen molar-refractivity contribution in [1.82, 2.24) is 10.1 Å². The van der Waals surface area contributed by atoms with Crippen molar-refractivity contribution in [2.24, 2.45) is 0 Å². The van der Waals surface area contributed by atoms with Crippen LogP contribution >= 0.6 is 0 Å². The van der Waals surface area contributed by atoms with Crippen molar-refractivity contribution in [2.75, 3.05) is 6.54 Å². The van der Waals surface area contributed by atoms with Crippen LogP contribution in [-0.4, -0.2) is 39.1 Å². The Morgan fingerprint density at radius 3 is 2.73 bits per heavy atom. The van der Waals surface area contributed by atoms with Crippen LogP contribution in [0.5, 0.6) is 0 Å². The number of likely N-dealkylation sites (tertiary alicyclic amines) is 1. The van der Waals surface area contributed by atoms with Gasteiger partial charge in [0.05, 0.1) is 0 Å². The van der Waals surface area contributed by atoms with Crippen LogP contribution in [0, 0.1) is 0 Å². The molecule has 0 radical (unpaired) electrons. The largest absolute Gasteiger partial charge is 0.480 e. The quantitative estimate of drug-likeness (QED) is 0.941. The fraction of sp³-hybridized carbons (Fsp3) is 0.312. The number of aliphatic carboxylic acids is 1. The van der Waals surface area contributed by atoms with Gasteiger partial charge in [-0.15, -0.1) is 0 Å². The van der Waals surface area contributed by atoms with Gasteiger partial charge in [-0.3, -0.25) is 4.79 Å². The molecule has 1 amide bonds. The molecule has 1 aromatic heterocycles. The minimum Gasteiger partial charge on any atom is -0.480 e. The van der Waals surface area contributed by atoms with E-state index in [2.05, 4.69) is 5.16 Å². The van der Waals surface area contributed by atoms with E-state index in [0.29, 0.717) is 25.1 Å². The van der Waals surface area contributed by atoms with Crippen molar-refractivity contribution < 1.29 is 19.2 Å². The number of benzene rings is 1.